The summed E-state index contributed by atoms with van der Waals surface area (Å²) in [6, 6.07) is 7.88. The van der Waals surface area contributed by atoms with Crippen LogP contribution in [0.5, 0.6) is 0 Å². The van der Waals surface area contributed by atoms with Crippen molar-refractivity contribution in [2.75, 3.05) is 0 Å². The first-order valence-corrected chi connectivity index (χ1v) is 8.82. The molecule has 0 heterocycles. The van der Waals surface area contributed by atoms with Crippen LogP contribution in [0.2, 0.25) is 0 Å². The Hall–Kier alpha value is -1.57. The molecule has 0 N–H and O–H groups in total. The van der Waals surface area contributed by atoms with E-state index in [1.54, 1.807) is 0 Å². The van der Waals surface area contributed by atoms with E-state index in [9.17, 15) is 4.79 Å². The first kappa shape index (κ1) is 17.8. The molecule has 1 aliphatic carbocycles. The van der Waals surface area contributed by atoms with E-state index in [4.69, 9.17) is 4.74 Å². The lowest BCUT2D eigenvalue weighted by atomic mass is 9.79. The fourth-order valence-corrected chi connectivity index (χ4v) is 3.16. The summed E-state index contributed by atoms with van der Waals surface area (Å²) in [6.45, 7) is 10.6. The Kier molecular flexibility index (Phi) is 5.67. The number of ether oxygens (including phenoxy) is 1. The van der Waals surface area contributed by atoms with Gasteiger partial charge in [0.2, 0.25) is 0 Å². The minimum atomic E-state index is -0.427. The van der Waals surface area contributed by atoms with Gasteiger partial charge >= 0.3 is 5.97 Å². The highest BCUT2D eigenvalue weighted by Gasteiger charge is 2.34. The van der Waals surface area contributed by atoms with Gasteiger partial charge in [-0.05, 0) is 70.1 Å². The average Bonchev–Trinajstić information content (AvgIpc) is 2.54. The monoisotopic (exact) mass is 314 g/mol. The highest BCUT2D eigenvalue weighted by molar-refractivity contribution is 5.89. The largest absolute Gasteiger partial charge is 0.456 e. The molecule has 126 valence electrons. The fraction of sp³-hybridized carbons (Fsp3) is 0.571. The molecule has 2 rings (SSSR count). The molecule has 0 saturated carbocycles. The Morgan fingerprint density at radius 1 is 1.30 bits per heavy atom. The number of rotatable bonds is 5. The summed E-state index contributed by atoms with van der Waals surface area (Å²) >= 11 is 0. The quantitative estimate of drug-likeness (QED) is 0.501. The lowest BCUT2D eigenvalue weighted by Crippen LogP contribution is -2.37. The van der Waals surface area contributed by atoms with Crippen LogP contribution in [0.15, 0.2) is 35.9 Å². The zero-order valence-electron chi connectivity index (χ0n) is 15.2. The third-order valence-electron chi connectivity index (χ3n) is 5.30. The van der Waals surface area contributed by atoms with E-state index in [0.29, 0.717) is 17.4 Å². The molecule has 2 unspecified atom stereocenters. The Labute approximate surface area is 140 Å². The number of hydrogen-bond donors (Lipinski definition) is 0. The predicted molar refractivity (Wildman–Crippen MR) is 95.7 cm³/mol. The average molecular weight is 314 g/mol. The van der Waals surface area contributed by atoms with Crippen LogP contribution in [0.25, 0.3) is 0 Å². The van der Waals surface area contributed by atoms with Crippen molar-refractivity contribution in [1.82, 2.24) is 0 Å². The maximum Gasteiger partial charge on any atom is 0.338 e. The van der Waals surface area contributed by atoms with E-state index in [0.717, 1.165) is 25.7 Å². The van der Waals surface area contributed by atoms with E-state index < -0.39 is 5.60 Å². The van der Waals surface area contributed by atoms with Crippen molar-refractivity contribution in [2.45, 2.75) is 71.8 Å². The lowest BCUT2D eigenvalue weighted by molar-refractivity contribution is -0.0322. The Morgan fingerprint density at radius 2 is 1.96 bits per heavy atom. The number of allylic oxidation sites excluding steroid dienone is 2. The number of benzene rings is 1. The molecule has 0 spiro atoms. The molecule has 0 fully saturated rings. The van der Waals surface area contributed by atoms with Crippen LogP contribution >= 0.6 is 0 Å². The summed E-state index contributed by atoms with van der Waals surface area (Å²) in [4.78, 5) is 12.5. The first-order chi connectivity index (χ1) is 10.8. The van der Waals surface area contributed by atoms with E-state index in [1.165, 1.54) is 11.1 Å². The zero-order chi connectivity index (χ0) is 17.0. The zero-order valence-corrected chi connectivity index (χ0v) is 15.2. The van der Waals surface area contributed by atoms with E-state index >= 15 is 0 Å². The van der Waals surface area contributed by atoms with Gasteiger partial charge in [0.05, 0.1) is 5.56 Å². The molecule has 0 saturated heterocycles. The third kappa shape index (κ3) is 4.46. The molecule has 23 heavy (non-hydrogen) atoms. The standard InChI is InChI=1S/C21H30O2/c1-6-16(3)17-9-11-18(12-10-17)20(22)23-21(4,5)19-13-7-15(2)8-14-19/h7,9-12,16,19H,6,8,13-14H2,1-5H3. The maximum absolute atomic E-state index is 12.5. The third-order valence-corrected chi connectivity index (χ3v) is 5.30. The molecule has 0 aliphatic heterocycles. The van der Waals surface area contributed by atoms with Gasteiger partial charge < -0.3 is 4.74 Å². The van der Waals surface area contributed by atoms with Crippen molar-refractivity contribution in [2.24, 2.45) is 5.92 Å². The van der Waals surface area contributed by atoms with Gasteiger partial charge in [0.25, 0.3) is 0 Å². The van der Waals surface area contributed by atoms with Crippen molar-refractivity contribution >= 4 is 5.97 Å². The molecule has 1 aliphatic rings. The summed E-state index contributed by atoms with van der Waals surface area (Å²) in [5.74, 6) is 0.709. The molecule has 0 radical (unpaired) electrons. The first-order valence-electron chi connectivity index (χ1n) is 8.82. The number of hydrogen-bond acceptors (Lipinski definition) is 2. The van der Waals surface area contributed by atoms with Gasteiger partial charge in [-0.1, -0.05) is 37.6 Å². The van der Waals surface area contributed by atoms with Gasteiger partial charge in [0.15, 0.2) is 0 Å². The minimum absolute atomic E-state index is 0.211. The van der Waals surface area contributed by atoms with Crippen molar-refractivity contribution in [3.63, 3.8) is 0 Å². The Balaban J connectivity index is 2.03. The van der Waals surface area contributed by atoms with Gasteiger partial charge in [-0.25, -0.2) is 4.79 Å². The van der Waals surface area contributed by atoms with Gasteiger partial charge in [-0.3, -0.25) is 0 Å². The minimum Gasteiger partial charge on any atom is -0.456 e. The summed E-state index contributed by atoms with van der Waals surface area (Å²) in [6.07, 6.45) is 6.58. The summed E-state index contributed by atoms with van der Waals surface area (Å²) in [7, 11) is 0. The summed E-state index contributed by atoms with van der Waals surface area (Å²) < 4.78 is 5.86. The van der Waals surface area contributed by atoms with Crippen molar-refractivity contribution < 1.29 is 9.53 Å². The number of carbonyl (C=O) groups is 1. The summed E-state index contributed by atoms with van der Waals surface area (Å²) in [5, 5.41) is 0. The molecule has 1 aromatic carbocycles. The van der Waals surface area contributed by atoms with Crippen molar-refractivity contribution in [3.8, 4) is 0 Å². The summed E-state index contributed by atoms with van der Waals surface area (Å²) in [5.41, 5.74) is 2.94. The second-order valence-corrected chi connectivity index (χ2v) is 7.45. The topological polar surface area (TPSA) is 26.3 Å². The predicted octanol–water partition coefficient (Wildman–Crippen LogP) is 5.88. The van der Waals surface area contributed by atoms with Crippen molar-refractivity contribution in [3.05, 3.63) is 47.0 Å². The normalized spacial score (nSPS) is 19.9. The molecule has 0 amide bonds. The number of esters is 1. The molecular formula is C21H30O2. The van der Waals surface area contributed by atoms with Crippen LogP contribution in [0.4, 0.5) is 0 Å². The van der Waals surface area contributed by atoms with E-state index in [2.05, 4.69) is 26.8 Å². The molecule has 1 aromatic rings. The smallest absolute Gasteiger partial charge is 0.338 e. The fourth-order valence-electron chi connectivity index (χ4n) is 3.16. The van der Waals surface area contributed by atoms with Gasteiger partial charge in [0.1, 0.15) is 5.60 Å². The van der Waals surface area contributed by atoms with E-state index in [1.807, 2.05) is 38.1 Å². The molecule has 0 bridgehead atoms. The van der Waals surface area contributed by atoms with Crippen LogP contribution in [-0.4, -0.2) is 11.6 Å². The highest BCUT2D eigenvalue weighted by Crippen LogP contribution is 2.34. The Bertz CT molecular complexity index is 566. The molecule has 2 atom stereocenters. The second-order valence-electron chi connectivity index (χ2n) is 7.45. The number of carbonyl (C=O) groups excluding carboxylic acids is 1. The van der Waals surface area contributed by atoms with Crippen LogP contribution in [0.1, 0.15) is 82.1 Å². The van der Waals surface area contributed by atoms with Crippen LogP contribution in [0, 0.1) is 5.92 Å². The van der Waals surface area contributed by atoms with Gasteiger partial charge in [-0.2, -0.15) is 0 Å². The molecule has 0 aromatic heterocycles. The molecule has 2 nitrogen and oxygen atoms in total. The maximum atomic E-state index is 12.5. The van der Waals surface area contributed by atoms with Crippen LogP contribution in [0.3, 0.4) is 0 Å². The van der Waals surface area contributed by atoms with Crippen molar-refractivity contribution in [1.29, 1.82) is 0 Å². The van der Waals surface area contributed by atoms with E-state index in [-0.39, 0.29) is 5.97 Å². The van der Waals surface area contributed by atoms with Crippen LogP contribution < -0.4 is 0 Å². The highest BCUT2D eigenvalue weighted by atomic mass is 16.6. The molecular weight excluding hydrogens is 284 g/mol. The Morgan fingerprint density at radius 3 is 2.48 bits per heavy atom. The van der Waals surface area contributed by atoms with Gasteiger partial charge in [0, 0.05) is 5.92 Å². The lowest BCUT2D eigenvalue weighted by Gasteiger charge is -2.35. The second kappa shape index (κ2) is 7.33. The SMILES string of the molecule is CCC(C)c1ccc(C(=O)OC(C)(C)C2CC=C(C)CC2)cc1. The van der Waals surface area contributed by atoms with Gasteiger partial charge in [-0.15, -0.1) is 0 Å². The molecule has 2 heteroatoms. The van der Waals surface area contributed by atoms with Crippen LogP contribution in [-0.2, 0) is 4.74 Å².